The number of furan rings is 1. The van der Waals surface area contributed by atoms with Crippen LogP contribution in [-0.2, 0) is 6.54 Å². The molecule has 0 aliphatic carbocycles. The molecule has 3 heterocycles. The first-order chi connectivity index (χ1) is 11.9. The second-order valence-corrected chi connectivity index (χ2v) is 5.47. The summed E-state index contributed by atoms with van der Waals surface area (Å²) in [4.78, 5) is 11.1. The molecular formula is C18H17N5O. The van der Waals surface area contributed by atoms with Crippen LogP contribution >= 0.6 is 0 Å². The van der Waals surface area contributed by atoms with Crippen LogP contribution in [0.5, 0.6) is 0 Å². The van der Waals surface area contributed by atoms with Gasteiger partial charge in [0.25, 0.3) is 0 Å². The van der Waals surface area contributed by atoms with Crippen LogP contribution in [0.1, 0.15) is 12.5 Å². The maximum Gasteiger partial charge on any atom is 0.168 e. The molecule has 0 saturated heterocycles. The molecule has 6 heteroatoms. The van der Waals surface area contributed by atoms with E-state index in [9.17, 15) is 0 Å². The normalized spacial score (nSPS) is 11.0. The molecule has 0 amide bonds. The maximum absolute atomic E-state index is 5.17. The molecule has 0 bridgehead atoms. The van der Waals surface area contributed by atoms with E-state index in [2.05, 4.69) is 26.9 Å². The van der Waals surface area contributed by atoms with Gasteiger partial charge in [-0.3, -0.25) is 0 Å². The van der Waals surface area contributed by atoms with Gasteiger partial charge >= 0.3 is 0 Å². The highest BCUT2D eigenvalue weighted by molar-refractivity contribution is 5.87. The van der Waals surface area contributed by atoms with E-state index in [1.54, 1.807) is 18.9 Å². The van der Waals surface area contributed by atoms with Gasteiger partial charge in [-0.25, -0.2) is 14.6 Å². The molecule has 0 fully saturated rings. The highest BCUT2D eigenvalue weighted by Crippen LogP contribution is 2.25. The van der Waals surface area contributed by atoms with Gasteiger partial charge in [0, 0.05) is 18.7 Å². The molecule has 0 aliphatic heterocycles. The summed E-state index contributed by atoms with van der Waals surface area (Å²) in [6, 6.07) is 12.0. The molecule has 4 rings (SSSR count). The first-order valence-corrected chi connectivity index (χ1v) is 7.87. The molecule has 0 spiro atoms. The molecule has 24 heavy (non-hydrogen) atoms. The Balaban J connectivity index is 1.78. The van der Waals surface area contributed by atoms with Crippen molar-refractivity contribution in [3.05, 3.63) is 67.0 Å². The van der Waals surface area contributed by atoms with Gasteiger partial charge in [0.2, 0.25) is 0 Å². The van der Waals surface area contributed by atoms with Crippen molar-refractivity contribution in [3.63, 3.8) is 0 Å². The number of nitrogens with zero attached hydrogens (tertiary/aromatic N) is 5. The van der Waals surface area contributed by atoms with Crippen molar-refractivity contribution in [2.24, 2.45) is 0 Å². The van der Waals surface area contributed by atoms with Crippen molar-refractivity contribution in [3.8, 4) is 5.69 Å². The van der Waals surface area contributed by atoms with Gasteiger partial charge in [-0.2, -0.15) is 5.10 Å². The highest BCUT2D eigenvalue weighted by atomic mass is 16.3. The molecule has 0 N–H and O–H groups in total. The van der Waals surface area contributed by atoms with Crippen LogP contribution in [0, 0.1) is 0 Å². The van der Waals surface area contributed by atoms with E-state index in [-0.39, 0.29) is 0 Å². The van der Waals surface area contributed by atoms with Gasteiger partial charge in [0.1, 0.15) is 12.1 Å². The van der Waals surface area contributed by atoms with E-state index in [1.165, 1.54) is 0 Å². The second kappa shape index (κ2) is 6.16. The van der Waals surface area contributed by atoms with Crippen LogP contribution in [0.15, 0.2) is 65.9 Å². The topological polar surface area (TPSA) is 60.0 Å². The third-order valence-electron chi connectivity index (χ3n) is 3.98. The smallest absolute Gasteiger partial charge is 0.168 e. The van der Waals surface area contributed by atoms with Crippen LogP contribution in [0.2, 0.25) is 0 Å². The molecule has 4 aromatic rings. The Hall–Kier alpha value is -3.15. The fraction of sp³-hybridized carbons (Fsp3) is 0.167. The fourth-order valence-electron chi connectivity index (χ4n) is 2.78. The Morgan fingerprint density at radius 3 is 2.75 bits per heavy atom. The summed E-state index contributed by atoms with van der Waals surface area (Å²) in [6.07, 6.45) is 6.87. The molecule has 1 aromatic carbocycles. The zero-order chi connectivity index (χ0) is 16.4. The Morgan fingerprint density at radius 1 is 1.12 bits per heavy atom. The summed E-state index contributed by atoms with van der Waals surface area (Å²) in [6.45, 7) is 3.67. The summed E-state index contributed by atoms with van der Waals surface area (Å²) in [5.41, 5.74) is 2.89. The van der Waals surface area contributed by atoms with Crippen molar-refractivity contribution in [2.75, 3.05) is 11.4 Å². The monoisotopic (exact) mass is 319 g/mol. The molecule has 0 atom stereocenters. The highest BCUT2D eigenvalue weighted by Gasteiger charge is 2.16. The van der Waals surface area contributed by atoms with Crippen LogP contribution in [0.4, 0.5) is 5.82 Å². The number of para-hydroxylation sites is 1. The number of aromatic nitrogens is 4. The largest absolute Gasteiger partial charge is 0.472 e. The zero-order valence-electron chi connectivity index (χ0n) is 13.3. The minimum atomic E-state index is 0.732. The van der Waals surface area contributed by atoms with Crippen molar-refractivity contribution >= 4 is 16.9 Å². The van der Waals surface area contributed by atoms with Gasteiger partial charge in [0.05, 0.1) is 29.8 Å². The molecule has 0 aliphatic rings. The predicted octanol–water partition coefficient (Wildman–Crippen LogP) is 3.44. The molecular weight excluding hydrogens is 302 g/mol. The summed E-state index contributed by atoms with van der Waals surface area (Å²) in [5.74, 6) is 0.880. The molecule has 120 valence electrons. The van der Waals surface area contributed by atoms with Crippen LogP contribution in [-0.4, -0.2) is 26.3 Å². The molecule has 0 radical (unpaired) electrons. The van der Waals surface area contributed by atoms with E-state index >= 15 is 0 Å². The minimum absolute atomic E-state index is 0.732. The third-order valence-corrected chi connectivity index (χ3v) is 3.98. The molecule has 6 nitrogen and oxygen atoms in total. The minimum Gasteiger partial charge on any atom is -0.472 e. The molecule has 0 unspecified atom stereocenters. The number of anilines is 1. The van der Waals surface area contributed by atoms with E-state index < -0.39 is 0 Å². The van der Waals surface area contributed by atoms with Gasteiger partial charge in [0.15, 0.2) is 5.65 Å². The average Bonchev–Trinajstić information content (AvgIpc) is 3.30. The molecule has 3 aromatic heterocycles. The van der Waals surface area contributed by atoms with Gasteiger partial charge in [-0.05, 0) is 25.1 Å². The van der Waals surface area contributed by atoms with E-state index in [0.29, 0.717) is 0 Å². The van der Waals surface area contributed by atoms with E-state index in [0.717, 1.165) is 41.2 Å². The number of hydrogen-bond acceptors (Lipinski definition) is 5. The van der Waals surface area contributed by atoms with Gasteiger partial charge in [-0.1, -0.05) is 18.2 Å². The first kappa shape index (κ1) is 14.4. The summed E-state index contributed by atoms with van der Waals surface area (Å²) < 4.78 is 7.01. The average molecular weight is 319 g/mol. The lowest BCUT2D eigenvalue weighted by Crippen LogP contribution is -2.23. The zero-order valence-corrected chi connectivity index (χ0v) is 13.3. The lowest BCUT2D eigenvalue weighted by Gasteiger charge is -2.21. The summed E-state index contributed by atoms with van der Waals surface area (Å²) in [5, 5.41) is 5.45. The van der Waals surface area contributed by atoms with Crippen molar-refractivity contribution in [1.29, 1.82) is 0 Å². The Labute approximate surface area is 139 Å². The van der Waals surface area contributed by atoms with E-state index in [1.807, 2.05) is 47.3 Å². The van der Waals surface area contributed by atoms with E-state index in [4.69, 9.17) is 4.42 Å². The van der Waals surface area contributed by atoms with Crippen molar-refractivity contribution in [2.45, 2.75) is 13.5 Å². The number of benzene rings is 1. The fourth-order valence-corrected chi connectivity index (χ4v) is 2.78. The Bertz CT molecular complexity index is 931. The van der Waals surface area contributed by atoms with Crippen LogP contribution in [0.3, 0.4) is 0 Å². The third kappa shape index (κ3) is 2.52. The Kier molecular flexibility index (Phi) is 3.70. The van der Waals surface area contributed by atoms with Crippen molar-refractivity contribution in [1.82, 2.24) is 19.7 Å². The first-order valence-electron chi connectivity index (χ1n) is 7.87. The summed E-state index contributed by atoms with van der Waals surface area (Å²) in [7, 11) is 0. The quantitative estimate of drug-likeness (QED) is 0.564. The summed E-state index contributed by atoms with van der Waals surface area (Å²) >= 11 is 0. The maximum atomic E-state index is 5.17. The Morgan fingerprint density at radius 2 is 2.00 bits per heavy atom. The number of hydrogen-bond donors (Lipinski definition) is 0. The number of rotatable bonds is 5. The van der Waals surface area contributed by atoms with Gasteiger partial charge in [-0.15, -0.1) is 0 Å². The standard InChI is InChI=1S/C18H17N5O/c1-2-22(11-14-8-9-24-12-14)17-16-10-21-23(18(16)20-13-19-17)15-6-4-3-5-7-15/h3-10,12-13H,2,11H2,1H3. The van der Waals surface area contributed by atoms with Crippen LogP contribution < -0.4 is 4.90 Å². The number of fused-ring (bicyclic) bond motifs is 1. The SMILES string of the molecule is CCN(Cc1ccoc1)c1ncnc2c1cnn2-c1ccccc1. The second-order valence-electron chi connectivity index (χ2n) is 5.47. The predicted molar refractivity (Wildman–Crippen MR) is 92.1 cm³/mol. The van der Waals surface area contributed by atoms with Gasteiger partial charge < -0.3 is 9.32 Å². The van der Waals surface area contributed by atoms with Crippen molar-refractivity contribution < 1.29 is 4.42 Å². The molecule has 0 saturated carbocycles. The lowest BCUT2D eigenvalue weighted by molar-refractivity contribution is 0.563. The lowest BCUT2D eigenvalue weighted by atomic mass is 10.3. The van der Waals surface area contributed by atoms with Crippen LogP contribution in [0.25, 0.3) is 16.7 Å².